The van der Waals surface area contributed by atoms with Crippen LogP contribution in [-0.2, 0) is 13.3 Å². The summed E-state index contributed by atoms with van der Waals surface area (Å²) in [7, 11) is -3.05. The predicted molar refractivity (Wildman–Crippen MR) is 84.2 cm³/mol. The van der Waals surface area contributed by atoms with Crippen LogP contribution in [0.25, 0.3) is 0 Å². The molecule has 0 saturated heterocycles. The highest BCUT2D eigenvalue weighted by atomic mass is 35.5. The second-order valence-electron chi connectivity index (χ2n) is 5.20. The minimum absolute atomic E-state index is 0.0467. The lowest BCUT2D eigenvalue weighted by Crippen LogP contribution is -2.58. The summed E-state index contributed by atoms with van der Waals surface area (Å²) in [5.74, 6) is 0. The fraction of sp³-hybridized carbons (Fsp3) is 1.00. The summed E-state index contributed by atoms with van der Waals surface area (Å²) < 4.78 is 17.9. The van der Waals surface area contributed by atoms with Gasteiger partial charge in [-0.1, -0.05) is 0 Å². The van der Waals surface area contributed by atoms with Crippen LogP contribution in [0.4, 0.5) is 0 Å². The molecular formula is C12H25Cl3O3Si. The van der Waals surface area contributed by atoms with Gasteiger partial charge in [-0.15, -0.1) is 34.8 Å². The van der Waals surface area contributed by atoms with Crippen LogP contribution in [0.5, 0.6) is 0 Å². The van der Waals surface area contributed by atoms with Gasteiger partial charge in [-0.2, -0.15) is 0 Å². The first-order valence-corrected chi connectivity index (χ1v) is 9.65. The Labute approximate surface area is 133 Å². The van der Waals surface area contributed by atoms with Crippen LogP contribution in [0.3, 0.4) is 0 Å². The number of halogens is 3. The quantitative estimate of drug-likeness (QED) is 0.451. The smallest absolute Gasteiger partial charge is 0.370 e. The lowest BCUT2D eigenvalue weighted by molar-refractivity contribution is 0.000951. The van der Waals surface area contributed by atoms with Gasteiger partial charge in [0.15, 0.2) is 0 Å². The third kappa shape index (κ3) is 8.10. The predicted octanol–water partition coefficient (Wildman–Crippen LogP) is 4.54. The second kappa shape index (κ2) is 9.08. The van der Waals surface area contributed by atoms with E-state index >= 15 is 0 Å². The van der Waals surface area contributed by atoms with E-state index in [1.54, 1.807) is 0 Å². The Morgan fingerprint density at radius 2 is 1.05 bits per heavy atom. The molecule has 3 nitrogen and oxygen atoms in total. The molecule has 1 unspecified atom stereocenters. The van der Waals surface area contributed by atoms with E-state index in [0.717, 1.165) is 0 Å². The second-order valence-corrected chi connectivity index (χ2v) is 9.98. The Hall–Kier alpha value is 0.967. The van der Waals surface area contributed by atoms with Gasteiger partial charge >= 0.3 is 8.80 Å². The first-order valence-electron chi connectivity index (χ1n) is 6.54. The van der Waals surface area contributed by atoms with Crippen molar-refractivity contribution in [3.63, 3.8) is 0 Å². The lowest BCUT2D eigenvalue weighted by atomic mass is 10.5. The molecule has 0 saturated carbocycles. The van der Waals surface area contributed by atoms with Crippen LogP contribution >= 0.6 is 34.8 Å². The van der Waals surface area contributed by atoms with Crippen LogP contribution in [0.1, 0.15) is 48.0 Å². The van der Waals surface area contributed by atoms with Crippen molar-refractivity contribution in [2.75, 3.05) is 0 Å². The van der Waals surface area contributed by atoms with E-state index in [2.05, 4.69) is 0 Å². The average molecular weight is 352 g/mol. The van der Waals surface area contributed by atoms with Crippen molar-refractivity contribution in [3.05, 3.63) is 0 Å². The first-order chi connectivity index (χ1) is 8.59. The van der Waals surface area contributed by atoms with Crippen LogP contribution in [0.15, 0.2) is 0 Å². The molecule has 7 heteroatoms. The first kappa shape index (κ1) is 20.0. The van der Waals surface area contributed by atoms with Crippen LogP contribution in [0.2, 0.25) is 0 Å². The normalized spacial score (nSPS) is 15.0. The van der Waals surface area contributed by atoms with E-state index in [9.17, 15) is 0 Å². The number of alkyl halides is 3. The van der Waals surface area contributed by atoms with Crippen LogP contribution < -0.4 is 0 Å². The minimum Gasteiger partial charge on any atom is -0.370 e. The van der Waals surface area contributed by atoms with Gasteiger partial charge in [-0.3, -0.25) is 0 Å². The SMILES string of the molecule is CC(C)O[Si](OC(C)C)(OC(C)C)C(Cl)CC(Cl)Cl. The molecule has 0 aromatic rings. The van der Waals surface area contributed by atoms with Crippen molar-refractivity contribution >= 4 is 43.6 Å². The Morgan fingerprint density at radius 3 is 1.26 bits per heavy atom. The number of hydrogen-bond acceptors (Lipinski definition) is 3. The fourth-order valence-corrected chi connectivity index (χ4v) is 6.18. The van der Waals surface area contributed by atoms with Crippen molar-refractivity contribution in [1.29, 1.82) is 0 Å². The summed E-state index contributed by atoms with van der Waals surface area (Å²) in [5, 5.41) is -0.473. The monoisotopic (exact) mass is 350 g/mol. The number of rotatable bonds is 9. The van der Waals surface area contributed by atoms with E-state index in [1.165, 1.54) is 0 Å². The van der Waals surface area contributed by atoms with Crippen molar-refractivity contribution < 1.29 is 13.3 Å². The van der Waals surface area contributed by atoms with Gasteiger partial charge in [0.05, 0.1) is 0 Å². The van der Waals surface area contributed by atoms with Gasteiger partial charge in [0.2, 0.25) is 0 Å². The molecule has 0 N–H and O–H groups in total. The highest BCUT2D eigenvalue weighted by Crippen LogP contribution is 2.29. The highest BCUT2D eigenvalue weighted by molar-refractivity contribution is 6.71. The molecular weight excluding hydrogens is 327 g/mol. The number of hydrogen-bond donors (Lipinski definition) is 0. The van der Waals surface area contributed by atoms with Crippen molar-refractivity contribution in [2.24, 2.45) is 0 Å². The zero-order valence-electron chi connectivity index (χ0n) is 12.5. The summed E-state index contributed by atoms with van der Waals surface area (Å²) in [4.78, 5) is -0.573. The maximum atomic E-state index is 6.45. The topological polar surface area (TPSA) is 27.7 Å². The summed E-state index contributed by atoms with van der Waals surface area (Å²) in [6.45, 7) is 11.6. The molecule has 0 heterocycles. The Balaban J connectivity index is 5.19. The van der Waals surface area contributed by atoms with Crippen molar-refractivity contribution in [3.8, 4) is 0 Å². The minimum atomic E-state index is -3.05. The van der Waals surface area contributed by atoms with E-state index in [0.29, 0.717) is 6.42 Å². The standard InChI is InChI=1S/C12H25Cl3O3Si/c1-8(2)16-19(17-9(3)4,18-10(5)6)12(15)7-11(13)14/h8-12H,7H2,1-6H3. The molecule has 0 aliphatic carbocycles. The molecule has 0 aromatic heterocycles. The Bertz CT molecular complexity index is 224. The van der Waals surface area contributed by atoms with Crippen molar-refractivity contribution in [1.82, 2.24) is 0 Å². The maximum Gasteiger partial charge on any atom is 0.520 e. The summed E-state index contributed by atoms with van der Waals surface area (Å²) in [5.41, 5.74) is 0. The Morgan fingerprint density at radius 1 is 0.737 bits per heavy atom. The molecule has 0 radical (unpaired) electrons. The zero-order chi connectivity index (χ0) is 15.2. The third-order valence-electron chi connectivity index (χ3n) is 1.97. The van der Waals surface area contributed by atoms with Crippen LogP contribution in [0, 0.1) is 0 Å². The molecule has 0 aromatic carbocycles. The lowest BCUT2D eigenvalue weighted by Gasteiger charge is -2.37. The highest BCUT2D eigenvalue weighted by Gasteiger charge is 2.51. The molecule has 19 heavy (non-hydrogen) atoms. The van der Waals surface area contributed by atoms with Gasteiger partial charge in [-0.25, -0.2) is 0 Å². The molecule has 0 aliphatic rings. The van der Waals surface area contributed by atoms with Gasteiger partial charge in [0, 0.05) is 18.3 Å². The molecule has 1 atom stereocenters. The van der Waals surface area contributed by atoms with E-state index in [4.69, 9.17) is 48.1 Å². The van der Waals surface area contributed by atoms with Gasteiger partial charge in [0.1, 0.15) is 9.84 Å². The summed E-state index contributed by atoms with van der Waals surface area (Å²) in [6, 6.07) is 0. The van der Waals surface area contributed by atoms with E-state index < -0.39 is 18.6 Å². The fourth-order valence-electron chi connectivity index (χ4n) is 1.59. The molecule has 0 amide bonds. The van der Waals surface area contributed by atoms with Gasteiger partial charge in [-0.05, 0) is 48.0 Å². The molecule has 0 spiro atoms. The average Bonchev–Trinajstić information content (AvgIpc) is 2.12. The van der Waals surface area contributed by atoms with Crippen LogP contribution in [-0.4, -0.2) is 37.0 Å². The van der Waals surface area contributed by atoms with Gasteiger partial charge < -0.3 is 13.3 Å². The van der Waals surface area contributed by atoms with E-state index in [1.807, 2.05) is 41.5 Å². The van der Waals surface area contributed by atoms with E-state index in [-0.39, 0.29) is 18.3 Å². The van der Waals surface area contributed by atoms with Crippen molar-refractivity contribution in [2.45, 2.75) is 76.1 Å². The summed E-state index contributed by atoms with van der Waals surface area (Å²) in [6.07, 6.45) is 0.224. The molecule has 0 fully saturated rings. The largest absolute Gasteiger partial charge is 0.520 e. The third-order valence-corrected chi connectivity index (χ3v) is 6.71. The molecule has 116 valence electrons. The zero-order valence-corrected chi connectivity index (χ0v) is 15.7. The van der Waals surface area contributed by atoms with Gasteiger partial charge in [0.25, 0.3) is 0 Å². The maximum absolute atomic E-state index is 6.45. The summed E-state index contributed by atoms with van der Waals surface area (Å²) >= 11 is 18.1. The molecule has 0 rings (SSSR count). The molecule has 0 aliphatic heterocycles. The Kier molecular flexibility index (Phi) is 9.54. The molecule has 0 bridgehead atoms.